The van der Waals surface area contributed by atoms with Gasteiger partial charge >= 0.3 is 5.97 Å². The standard InChI is InChI=1S/C14H21N3O2/c1-3-19-14(18)12-4-5-13(16-9-12)17-7-6-11(10-17)8-15-2/h4-5,9,11,15H,3,6-8,10H2,1-2H3. The molecular weight excluding hydrogens is 242 g/mol. The van der Waals surface area contributed by atoms with E-state index in [1.54, 1.807) is 19.2 Å². The summed E-state index contributed by atoms with van der Waals surface area (Å²) in [5.41, 5.74) is 0.511. The van der Waals surface area contributed by atoms with Crippen LogP contribution in [0.5, 0.6) is 0 Å². The molecule has 0 bridgehead atoms. The number of anilines is 1. The van der Waals surface area contributed by atoms with Gasteiger partial charge < -0.3 is 15.0 Å². The quantitative estimate of drug-likeness (QED) is 0.812. The number of esters is 1. The largest absolute Gasteiger partial charge is 0.462 e. The van der Waals surface area contributed by atoms with Gasteiger partial charge in [0.05, 0.1) is 12.2 Å². The Morgan fingerprint density at radius 1 is 1.58 bits per heavy atom. The summed E-state index contributed by atoms with van der Waals surface area (Å²) in [6.07, 6.45) is 2.78. The van der Waals surface area contributed by atoms with Crippen molar-refractivity contribution in [3.05, 3.63) is 23.9 Å². The first kappa shape index (κ1) is 13.8. The molecule has 1 N–H and O–H groups in total. The molecule has 1 unspecified atom stereocenters. The molecule has 1 aliphatic heterocycles. The molecule has 1 fully saturated rings. The first-order valence-electron chi connectivity index (χ1n) is 6.77. The SMILES string of the molecule is CCOC(=O)c1ccc(N2CCC(CNC)C2)nc1. The van der Waals surface area contributed by atoms with Crippen LogP contribution in [0, 0.1) is 5.92 Å². The molecule has 2 rings (SSSR count). The molecule has 5 nitrogen and oxygen atoms in total. The van der Waals surface area contributed by atoms with Gasteiger partial charge in [-0.2, -0.15) is 0 Å². The van der Waals surface area contributed by atoms with E-state index in [0.717, 1.165) is 25.5 Å². The van der Waals surface area contributed by atoms with Crippen molar-refractivity contribution in [3.63, 3.8) is 0 Å². The summed E-state index contributed by atoms with van der Waals surface area (Å²) >= 11 is 0. The zero-order valence-electron chi connectivity index (χ0n) is 11.6. The van der Waals surface area contributed by atoms with Gasteiger partial charge in [-0.15, -0.1) is 0 Å². The normalized spacial score (nSPS) is 18.6. The Balaban J connectivity index is 1.97. The minimum atomic E-state index is -0.309. The van der Waals surface area contributed by atoms with Gasteiger partial charge in [0.1, 0.15) is 5.82 Å². The van der Waals surface area contributed by atoms with Crippen molar-refractivity contribution in [2.75, 3.05) is 38.2 Å². The summed E-state index contributed by atoms with van der Waals surface area (Å²) < 4.78 is 4.94. The Morgan fingerprint density at radius 2 is 2.42 bits per heavy atom. The summed E-state index contributed by atoms with van der Waals surface area (Å²) in [6.45, 7) is 5.27. The number of aromatic nitrogens is 1. The second-order valence-corrected chi connectivity index (χ2v) is 4.78. The Bertz CT molecular complexity index is 419. The van der Waals surface area contributed by atoms with Crippen LogP contribution >= 0.6 is 0 Å². The number of rotatable bonds is 5. The number of nitrogens with one attached hydrogen (secondary N) is 1. The fourth-order valence-corrected chi connectivity index (χ4v) is 2.40. The van der Waals surface area contributed by atoms with Crippen molar-refractivity contribution in [1.82, 2.24) is 10.3 Å². The highest BCUT2D eigenvalue weighted by Crippen LogP contribution is 2.21. The zero-order valence-corrected chi connectivity index (χ0v) is 11.6. The maximum Gasteiger partial charge on any atom is 0.339 e. The van der Waals surface area contributed by atoms with Crippen LogP contribution in [-0.2, 0) is 4.74 Å². The second kappa shape index (κ2) is 6.52. The lowest BCUT2D eigenvalue weighted by atomic mass is 10.1. The molecule has 104 valence electrons. The van der Waals surface area contributed by atoms with Crippen LogP contribution in [0.4, 0.5) is 5.82 Å². The topological polar surface area (TPSA) is 54.5 Å². The molecule has 1 aliphatic rings. The number of hydrogen-bond donors (Lipinski definition) is 1. The van der Waals surface area contributed by atoms with E-state index in [4.69, 9.17) is 4.74 Å². The van der Waals surface area contributed by atoms with Crippen molar-refractivity contribution < 1.29 is 9.53 Å². The number of nitrogens with zero attached hydrogens (tertiary/aromatic N) is 2. The minimum absolute atomic E-state index is 0.309. The molecule has 19 heavy (non-hydrogen) atoms. The van der Waals surface area contributed by atoms with Crippen LogP contribution in [0.1, 0.15) is 23.7 Å². The first-order chi connectivity index (χ1) is 9.24. The lowest BCUT2D eigenvalue weighted by Crippen LogP contribution is -2.24. The number of carbonyl (C=O) groups is 1. The van der Waals surface area contributed by atoms with E-state index < -0.39 is 0 Å². The molecule has 0 aromatic carbocycles. The van der Waals surface area contributed by atoms with Gasteiger partial charge in [-0.05, 0) is 45.0 Å². The van der Waals surface area contributed by atoms with Crippen molar-refractivity contribution in [2.45, 2.75) is 13.3 Å². The summed E-state index contributed by atoms with van der Waals surface area (Å²) in [4.78, 5) is 18.2. The Labute approximate surface area is 114 Å². The lowest BCUT2D eigenvalue weighted by molar-refractivity contribution is 0.0526. The fourth-order valence-electron chi connectivity index (χ4n) is 2.40. The number of pyridine rings is 1. The van der Waals surface area contributed by atoms with E-state index >= 15 is 0 Å². The zero-order chi connectivity index (χ0) is 13.7. The Kier molecular flexibility index (Phi) is 4.74. The van der Waals surface area contributed by atoms with Gasteiger partial charge in [0.25, 0.3) is 0 Å². The molecule has 1 aromatic rings. The van der Waals surface area contributed by atoms with Gasteiger partial charge in [0.2, 0.25) is 0 Å². The van der Waals surface area contributed by atoms with Crippen LogP contribution in [0.15, 0.2) is 18.3 Å². The average molecular weight is 263 g/mol. The summed E-state index contributed by atoms with van der Waals surface area (Å²) in [5.74, 6) is 1.30. The van der Waals surface area contributed by atoms with Gasteiger partial charge in [0.15, 0.2) is 0 Å². The molecule has 0 amide bonds. The summed E-state index contributed by atoms with van der Waals surface area (Å²) in [5, 5.41) is 3.21. The average Bonchev–Trinajstić information content (AvgIpc) is 2.88. The van der Waals surface area contributed by atoms with Crippen LogP contribution in [0.25, 0.3) is 0 Å². The first-order valence-corrected chi connectivity index (χ1v) is 6.77. The monoisotopic (exact) mass is 263 g/mol. The highest BCUT2D eigenvalue weighted by Gasteiger charge is 2.22. The van der Waals surface area contributed by atoms with Crippen LogP contribution < -0.4 is 10.2 Å². The predicted octanol–water partition coefficient (Wildman–Crippen LogP) is 1.30. The molecule has 1 atom stereocenters. The van der Waals surface area contributed by atoms with Crippen LogP contribution in [0.2, 0.25) is 0 Å². The smallest absolute Gasteiger partial charge is 0.339 e. The van der Waals surface area contributed by atoms with Crippen molar-refractivity contribution >= 4 is 11.8 Å². The van der Waals surface area contributed by atoms with E-state index in [0.29, 0.717) is 18.1 Å². The number of ether oxygens (including phenoxy) is 1. The van der Waals surface area contributed by atoms with Crippen molar-refractivity contribution in [3.8, 4) is 0 Å². The predicted molar refractivity (Wildman–Crippen MR) is 74.4 cm³/mol. The minimum Gasteiger partial charge on any atom is -0.462 e. The molecule has 0 aliphatic carbocycles. The third-order valence-electron chi connectivity index (χ3n) is 3.36. The summed E-state index contributed by atoms with van der Waals surface area (Å²) in [6, 6.07) is 3.68. The number of carbonyl (C=O) groups excluding carboxylic acids is 1. The third kappa shape index (κ3) is 3.44. The molecule has 5 heteroatoms. The molecule has 1 aromatic heterocycles. The second-order valence-electron chi connectivity index (χ2n) is 4.78. The summed E-state index contributed by atoms with van der Waals surface area (Å²) in [7, 11) is 1.98. The molecule has 2 heterocycles. The van der Waals surface area contributed by atoms with Crippen molar-refractivity contribution in [2.24, 2.45) is 5.92 Å². The van der Waals surface area contributed by atoms with Crippen LogP contribution in [-0.4, -0.2) is 44.2 Å². The molecule has 0 radical (unpaired) electrons. The van der Waals surface area contributed by atoms with E-state index in [1.807, 2.05) is 13.1 Å². The van der Waals surface area contributed by atoms with E-state index in [1.165, 1.54) is 6.42 Å². The van der Waals surface area contributed by atoms with Crippen molar-refractivity contribution in [1.29, 1.82) is 0 Å². The van der Waals surface area contributed by atoms with Gasteiger partial charge in [0, 0.05) is 19.3 Å². The maximum absolute atomic E-state index is 11.5. The molecule has 1 saturated heterocycles. The maximum atomic E-state index is 11.5. The number of hydrogen-bond acceptors (Lipinski definition) is 5. The van der Waals surface area contributed by atoms with Crippen LogP contribution in [0.3, 0.4) is 0 Å². The van der Waals surface area contributed by atoms with E-state index in [-0.39, 0.29) is 5.97 Å². The highest BCUT2D eigenvalue weighted by atomic mass is 16.5. The van der Waals surface area contributed by atoms with Gasteiger partial charge in [-0.25, -0.2) is 9.78 Å². The van der Waals surface area contributed by atoms with Gasteiger partial charge in [-0.1, -0.05) is 0 Å². The molecular formula is C14H21N3O2. The lowest BCUT2D eigenvalue weighted by Gasteiger charge is -2.17. The highest BCUT2D eigenvalue weighted by molar-refractivity contribution is 5.89. The van der Waals surface area contributed by atoms with E-state index in [2.05, 4.69) is 15.2 Å². The third-order valence-corrected chi connectivity index (χ3v) is 3.36. The Morgan fingerprint density at radius 3 is 3.05 bits per heavy atom. The van der Waals surface area contributed by atoms with E-state index in [9.17, 15) is 4.79 Å². The molecule has 0 spiro atoms. The fraction of sp³-hybridized carbons (Fsp3) is 0.571. The Hall–Kier alpha value is -1.62. The molecule has 0 saturated carbocycles. The van der Waals surface area contributed by atoms with Gasteiger partial charge in [-0.3, -0.25) is 0 Å².